The number of aliphatic hydroxyl groups excluding tert-OH is 2. The second kappa shape index (κ2) is 9.12. The maximum absolute atomic E-state index is 11.1. The number of unbranched alkanes of at least 4 members (excludes halogenated alkanes) is 2. The van der Waals surface area contributed by atoms with Crippen molar-refractivity contribution in [3.05, 3.63) is 0 Å². The van der Waals surface area contributed by atoms with Gasteiger partial charge in [-0.1, -0.05) is 19.8 Å². The minimum atomic E-state index is -1.02. The Morgan fingerprint density at radius 1 is 1.43 bits per heavy atom. The molecule has 0 saturated heterocycles. The Morgan fingerprint density at radius 3 is 2.71 bits per heavy atom. The number of hydrogen-bond acceptors (Lipinski definition) is 4. The van der Waals surface area contributed by atoms with E-state index in [1.165, 1.54) is 0 Å². The van der Waals surface area contributed by atoms with Crippen molar-refractivity contribution >= 4 is 5.78 Å². The van der Waals surface area contributed by atoms with E-state index in [4.69, 9.17) is 5.11 Å². The van der Waals surface area contributed by atoms with Crippen LogP contribution in [-0.2, 0) is 4.79 Å². The first-order valence-electron chi connectivity index (χ1n) is 5.24. The van der Waals surface area contributed by atoms with Gasteiger partial charge in [0.25, 0.3) is 0 Å². The first-order chi connectivity index (χ1) is 6.72. The molecule has 0 rings (SSSR count). The van der Waals surface area contributed by atoms with Crippen molar-refractivity contribution in [3.8, 4) is 0 Å². The van der Waals surface area contributed by atoms with E-state index < -0.39 is 6.10 Å². The SMILES string of the molecule is CCCCCNCC(=O)C(O)CCO. The first kappa shape index (κ1) is 13.5. The standard InChI is InChI=1S/C10H21NO3/c1-2-3-4-6-11-8-10(14)9(13)5-7-12/h9,11-13H,2-8H2,1H3. The number of carbonyl (C=O) groups excluding carboxylic acids is 1. The molecule has 4 nitrogen and oxygen atoms in total. The van der Waals surface area contributed by atoms with E-state index in [2.05, 4.69) is 12.2 Å². The summed E-state index contributed by atoms with van der Waals surface area (Å²) in [5.41, 5.74) is 0. The number of Topliss-reactive ketones (excluding diaryl/α,β-unsaturated/α-hetero) is 1. The van der Waals surface area contributed by atoms with Gasteiger partial charge in [0.2, 0.25) is 0 Å². The van der Waals surface area contributed by atoms with E-state index in [0.29, 0.717) is 0 Å². The van der Waals surface area contributed by atoms with Gasteiger partial charge in [-0.2, -0.15) is 0 Å². The first-order valence-corrected chi connectivity index (χ1v) is 5.24. The lowest BCUT2D eigenvalue weighted by molar-refractivity contribution is -0.126. The van der Waals surface area contributed by atoms with Gasteiger partial charge in [-0.25, -0.2) is 0 Å². The lowest BCUT2D eigenvalue weighted by Gasteiger charge is -2.08. The van der Waals surface area contributed by atoms with Crippen LogP contribution in [0.2, 0.25) is 0 Å². The minimum absolute atomic E-state index is 0.134. The molecule has 0 radical (unpaired) electrons. The van der Waals surface area contributed by atoms with E-state index in [1.54, 1.807) is 0 Å². The summed E-state index contributed by atoms with van der Waals surface area (Å²) < 4.78 is 0. The largest absolute Gasteiger partial charge is 0.396 e. The summed E-state index contributed by atoms with van der Waals surface area (Å²) in [5, 5.41) is 20.6. The lowest BCUT2D eigenvalue weighted by atomic mass is 10.1. The summed E-state index contributed by atoms with van der Waals surface area (Å²) in [6.07, 6.45) is 2.48. The lowest BCUT2D eigenvalue weighted by Crippen LogP contribution is -2.32. The Labute approximate surface area is 85.3 Å². The van der Waals surface area contributed by atoms with Crippen LogP contribution in [0, 0.1) is 0 Å². The van der Waals surface area contributed by atoms with Crippen LogP contribution in [0.25, 0.3) is 0 Å². The fourth-order valence-corrected chi connectivity index (χ4v) is 1.11. The van der Waals surface area contributed by atoms with Gasteiger partial charge in [-0.05, 0) is 13.0 Å². The van der Waals surface area contributed by atoms with Crippen molar-refractivity contribution in [3.63, 3.8) is 0 Å². The Kier molecular flexibility index (Phi) is 8.83. The third-order valence-electron chi connectivity index (χ3n) is 2.03. The molecule has 3 N–H and O–H groups in total. The number of aliphatic hydroxyl groups is 2. The van der Waals surface area contributed by atoms with Gasteiger partial charge < -0.3 is 15.5 Å². The maximum Gasteiger partial charge on any atom is 0.175 e. The molecule has 0 fully saturated rings. The second-order valence-electron chi connectivity index (χ2n) is 3.38. The molecular weight excluding hydrogens is 182 g/mol. The molecule has 0 aliphatic heterocycles. The monoisotopic (exact) mass is 203 g/mol. The minimum Gasteiger partial charge on any atom is -0.396 e. The van der Waals surface area contributed by atoms with Crippen molar-refractivity contribution in [1.29, 1.82) is 0 Å². The molecule has 0 aliphatic carbocycles. The summed E-state index contributed by atoms with van der Waals surface area (Å²) in [5.74, 6) is -0.240. The Morgan fingerprint density at radius 2 is 2.14 bits per heavy atom. The van der Waals surface area contributed by atoms with Gasteiger partial charge in [-0.3, -0.25) is 4.79 Å². The zero-order chi connectivity index (χ0) is 10.8. The van der Waals surface area contributed by atoms with Gasteiger partial charge >= 0.3 is 0 Å². The summed E-state index contributed by atoms with van der Waals surface area (Å²) >= 11 is 0. The van der Waals surface area contributed by atoms with Crippen LogP contribution in [0.5, 0.6) is 0 Å². The van der Waals surface area contributed by atoms with E-state index in [0.717, 1.165) is 25.8 Å². The highest BCUT2D eigenvalue weighted by Gasteiger charge is 2.12. The Balaban J connectivity index is 3.34. The molecular formula is C10H21NO3. The van der Waals surface area contributed by atoms with Crippen molar-refractivity contribution in [2.45, 2.75) is 38.7 Å². The highest BCUT2D eigenvalue weighted by Crippen LogP contribution is 1.93. The molecule has 0 saturated carbocycles. The third kappa shape index (κ3) is 7.00. The van der Waals surface area contributed by atoms with Gasteiger partial charge in [0.1, 0.15) is 6.10 Å². The van der Waals surface area contributed by atoms with Crippen LogP contribution in [-0.4, -0.2) is 41.8 Å². The number of ketones is 1. The van der Waals surface area contributed by atoms with Crippen LogP contribution >= 0.6 is 0 Å². The van der Waals surface area contributed by atoms with Crippen molar-refractivity contribution in [2.24, 2.45) is 0 Å². The highest BCUT2D eigenvalue weighted by molar-refractivity contribution is 5.84. The molecule has 0 amide bonds. The predicted molar refractivity (Wildman–Crippen MR) is 55.1 cm³/mol. The molecule has 1 unspecified atom stereocenters. The van der Waals surface area contributed by atoms with Crippen LogP contribution < -0.4 is 5.32 Å². The van der Waals surface area contributed by atoms with Crippen molar-refractivity contribution in [2.75, 3.05) is 19.7 Å². The third-order valence-corrected chi connectivity index (χ3v) is 2.03. The highest BCUT2D eigenvalue weighted by atomic mass is 16.3. The van der Waals surface area contributed by atoms with Gasteiger partial charge in [0.15, 0.2) is 5.78 Å². The van der Waals surface area contributed by atoms with Crippen LogP contribution in [0.4, 0.5) is 0 Å². The molecule has 0 aromatic carbocycles. The molecule has 84 valence electrons. The van der Waals surface area contributed by atoms with E-state index >= 15 is 0 Å². The normalized spacial score (nSPS) is 12.8. The maximum atomic E-state index is 11.1. The molecule has 0 heterocycles. The topological polar surface area (TPSA) is 69.6 Å². The smallest absolute Gasteiger partial charge is 0.175 e. The molecule has 0 aliphatic rings. The van der Waals surface area contributed by atoms with Gasteiger partial charge in [0.05, 0.1) is 6.54 Å². The average Bonchev–Trinajstić information content (AvgIpc) is 2.17. The second-order valence-corrected chi connectivity index (χ2v) is 3.38. The van der Waals surface area contributed by atoms with Crippen LogP contribution in [0.3, 0.4) is 0 Å². The van der Waals surface area contributed by atoms with Crippen molar-refractivity contribution < 1.29 is 15.0 Å². The van der Waals surface area contributed by atoms with E-state index in [9.17, 15) is 9.90 Å². The molecule has 0 aromatic rings. The zero-order valence-electron chi connectivity index (χ0n) is 8.83. The molecule has 1 atom stereocenters. The quantitative estimate of drug-likeness (QED) is 0.464. The molecule has 14 heavy (non-hydrogen) atoms. The zero-order valence-corrected chi connectivity index (χ0v) is 8.83. The van der Waals surface area contributed by atoms with Gasteiger partial charge in [-0.15, -0.1) is 0 Å². The fraction of sp³-hybridized carbons (Fsp3) is 0.900. The van der Waals surface area contributed by atoms with Crippen LogP contribution in [0.15, 0.2) is 0 Å². The fourth-order valence-electron chi connectivity index (χ4n) is 1.11. The van der Waals surface area contributed by atoms with E-state index in [1.807, 2.05) is 0 Å². The van der Waals surface area contributed by atoms with E-state index in [-0.39, 0.29) is 25.4 Å². The molecule has 0 spiro atoms. The van der Waals surface area contributed by atoms with Gasteiger partial charge in [0, 0.05) is 13.0 Å². The molecule has 4 heteroatoms. The number of nitrogens with one attached hydrogen (secondary N) is 1. The molecule has 0 bridgehead atoms. The summed E-state index contributed by atoms with van der Waals surface area (Å²) in [7, 11) is 0. The van der Waals surface area contributed by atoms with Crippen molar-refractivity contribution in [1.82, 2.24) is 5.32 Å². The number of carbonyl (C=O) groups is 1. The predicted octanol–water partition coefficient (Wildman–Crippen LogP) is 0.0786. The average molecular weight is 203 g/mol. The molecule has 0 aromatic heterocycles. The summed E-state index contributed by atoms with van der Waals surface area (Å²) in [6.45, 7) is 2.98. The number of hydrogen-bond donors (Lipinski definition) is 3. The summed E-state index contributed by atoms with van der Waals surface area (Å²) in [6, 6.07) is 0. The Hall–Kier alpha value is -0.450. The van der Waals surface area contributed by atoms with Crippen LogP contribution in [0.1, 0.15) is 32.6 Å². The Bertz CT molecular complexity index is 150. The number of rotatable bonds is 9. The summed E-state index contributed by atoms with van der Waals surface area (Å²) in [4.78, 5) is 11.1.